The second-order valence-electron chi connectivity index (χ2n) is 11.2. The minimum absolute atomic E-state index is 0.00980. The van der Waals surface area contributed by atoms with E-state index in [9.17, 15) is 24.3 Å². The second-order valence-corrected chi connectivity index (χ2v) is 14.1. The standard InChI is InChI=1S/C32H23ClI2N2O5/c33-25-13-19(38)9-10-21(25)26-20-11-12-22-27(31(41)36(29(22)39)17-5-1-15(34)2-6-17)23(20)14-24-28(26)32(42)37(30(24)40)18-7-3-16(35)4-8-18/h1-11,13,22-24,26-28,38H,12,14H2/t22-,23+,24+,26+,27-,28+/m0/s1. The third-order valence-corrected chi connectivity index (χ3v) is 10.9. The van der Waals surface area contributed by atoms with Crippen molar-refractivity contribution in [2.75, 3.05) is 9.80 Å². The lowest BCUT2D eigenvalue weighted by Crippen LogP contribution is -2.43. The van der Waals surface area contributed by atoms with Gasteiger partial charge in [-0.1, -0.05) is 29.3 Å². The minimum atomic E-state index is -0.725. The fourth-order valence-electron chi connectivity index (χ4n) is 7.39. The average Bonchev–Trinajstić information content (AvgIpc) is 3.37. The molecule has 3 fully saturated rings. The van der Waals surface area contributed by atoms with Gasteiger partial charge < -0.3 is 5.11 Å². The van der Waals surface area contributed by atoms with Gasteiger partial charge in [0.15, 0.2) is 0 Å². The number of phenols is 1. The van der Waals surface area contributed by atoms with Gasteiger partial charge in [0, 0.05) is 18.1 Å². The maximum atomic E-state index is 14.1. The van der Waals surface area contributed by atoms with E-state index in [0.29, 0.717) is 23.4 Å². The molecule has 42 heavy (non-hydrogen) atoms. The highest BCUT2D eigenvalue weighted by Gasteiger charge is 2.62. The molecule has 1 N–H and O–H groups in total. The van der Waals surface area contributed by atoms with Gasteiger partial charge in [-0.2, -0.15) is 0 Å². The Bertz CT molecular complexity index is 1710. The zero-order chi connectivity index (χ0) is 29.4. The molecule has 3 aromatic rings. The quantitative estimate of drug-likeness (QED) is 0.191. The first-order valence-corrected chi connectivity index (χ1v) is 16.1. The van der Waals surface area contributed by atoms with Crippen LogP contribution in [0.5, 0.6) is 5.75 Å². The molecule has 7 rings (SSSR count). The number of fused-ring (bicyclic) bond motifs is 4. The molecule has 0 radical (unpaired) electrons. The molecule has 6 atom stereocenters. The van der Waals surface area contributed by atoms with Crippen molar-refractivity contribution in [3.8, 4) is 5.75 Å². The predicted octanol–water partition coefficient (Wildman–Crippen LogP) is 6.30. The molecule has 2 aliphatic carbocycles. The van der Waals surface area contributed by atoms with E-state index in [0.717, 1.165) is 12.7 Å². The molecule has 7 nitrogen and oxygen atoms in total. The number of aromatic hydroxyl groups is 1. The van der Waals surface area contributed by atoms with Crippen LogP contribution in [0.2, 0.25) is 5.02 Å². The van der Waals surface area contributed by atoms with E-state index in [1.54, 1.807) is 30.3 Å². The van der Waals surface area contributed by atoms with Gasteiger partial charge in [0.25, 0.3) is 0 Å². The number of amides is 4. The first kappa shape index (κ1) is 28.0. The summed E-state index contributed by atoms with van der Waals surface area (Å²) >= 11 is 11.0. The molecule has 2 aliphatic heterocycles. The molecule has 4 aliphatic rings. The summed E-state index contributed by atoms with van der Waals surface area (Å²) in [5.74, 6) is -4.75. The van der Waals surface area contributed by atoms with Gasteiger partial charge in [0.2, 0.25) is 23.6 Å². The summed E-state index contributed by atoms with van der Waals surface area (Å²) in [7, 11) is 0. The molecule has 0 unspecified atom stereocenters. The molecule has 4 amide bonds. The maximum Gasteiger partial charge on any atom is 0.238 e. The van der Waals surface area contributed by atoms with E-state index in [1.807, 2.05) is 30.3 Å². The number of nitrogens with zero attached hydrogens (tertiary/aromatic N) is 2. The van der Waals surface area contributed by atoms with Crippen LogP contribution >= 0.6 is 56.8 Å². The van der Waals surface area contributed by atoms with Crippen LogP contribution in [-0.4, -0.2) is 28.7 Å². The van der Waals surface area contributed by atoms with Crippen LogP contribution in [0.4, 0.5) is 11.4 Å². The summed E-state index contributed by atoms with van der Waals surface area (Å²) in [6, 6.07) is 19.1. The Labute approximate surface area is 274 Å². The number of benzene rings is 3. The number of phenolic OH excluding ortho intramolecular Hbond substituents is 1. The highest BCUT2D eigenvalue weighted by atomic mass is 127. The van der Waals surface area contributed by atoms with Crippen LogP contribution in [0.3, 0.4) is 0 Å². The molecule has 1 saturated carbocycles. The van der Waals surface area contributed by atoms with Gasteiger partial charge in [-0.15, -0.1) is 0 Å². The fourth-order valence-corrected chi connectivity index (χ4v) is 8.41. The highest BCUT2D eigenvalue weighted by molar-refractivity contribution is 14.1. The Kier molecular flexibility index (Phi) is 6.97. The summed E-state index contributed by atoms with van der Waals surface area (Å²) in [4.78, 5) is 58.4. The average molecular weight is 805 g/mol. The number of carbonyl (C=O) groups excluding carboxylic acids is 4. The minimum Gasteiger partial charge on any atom is -0.508 e. The fraction of sp³-hybridized carbons (Fsp3) is 0.250. The Morgan fingerprint density at radius 2 is 1.24 bits per heavy atom. The van der Waals surface area contributed by atoms with Crippen molar-refractivity contribution in [3.05, 3.63) is 96.1 Å². The van der Waals surface area contributed by atoms with E-state index < -0.39 is 35.5 Å². The second kappa shape index (κ2) is 10.4. The molecule has 0 spiro atoms. The predicted molar refractivity (Wildman–Crippen MR) is 174 cm³/mol. The molecule has 2 heterocycles. The van der Waals surface area contributed by atoms with Gasteiger partial charge in [-0.3, -0.25) is 29.0 Å². The van der Waals surface area contributed by atoms with Crippen molar-refractivity contribution in [2.24, 2.45) is 29.6 Å². The normalized spacial score (nSPS) is 28.5. The number of imide groups is 2. The molecule has 2 saturated heterocycles. The van der Waals surface area contributed by atoms with Crippen molar-refractivity contribution in [3.63, 3.8) is 0 Å². The van der Waals surface area contributed by atoms with Crippen LogP contribution in [0.15, 0.2) is 78.4 Å². The lowest BCUT2D eigenvalue weighted by molar-refractivity contribution is -0.126. The van der Waals surface area contributed by atoms with Crippen LogP contribution in [0.25, 0.3) is 0 Å². The third kappa shape index (κ3) is 4.25. The molecule has 0 bridgehead atoms. The lowest BCUT2D eigenvalue weighted by Gasteiger charge is -2.44. The number of allylic oxidation sites excluding steroid dienone is 2. The van der Waals surface area contributed by atoms with Gasteiger partial charge in [0.1, 0.15) is 5.75 Å². The van der Waals surface area contributed by atoms with Gasteiger partial charge in [-0.25, -0.2) is 0 Å². The number of halogens is 3. The zero-order valence-corrected chi connectivity index (χ0v) is 27.0. The van der Waals surface area contributed by atoms with Crippen molar-refractivity contribution in [2.45, 2.75) is 18.8 Å². The molecule has 212 valence electrons. The molecule has 0 aromatic heterocycles. The summed E-state index contributed by atoms with van der Waals surface area (Å²) in [6.45, 7) is 0. The first-order chi connectivity index (χ1) is 20.2. The van der Waals surface area contributed by atoms with E-state index >= 15 is 0 Å². The van der Waals surface area contributed by atoms with E-state index in [4.69, 9.17) is 11.6 Å². The Morgan fingerprint density at radius 3 is 1.81 bits per heavy atom. The van der Waals surface area contributed by atoms with Crippen molar-refractivity contribution in [1.82, 2.24) is 0 Å². The SMILES string of the molecule is O=C1[C@H]2[C@H](CC=C3[C@H]2C[C@H]2C(=O)N(c4ccc(I)cc4)C(=O)[C@H]2[C@H]3c2ccc(O)cc2Cl)C(=O)N1c1ccc(I)cc1. The molecule has 10 heteroatoms. The monoisotopic (exact) mass is 804 g/mol. The van der Waals surface area contributed by atoms with Crippen LogP contribution < -0.4 is 9.80 Å². The van der Waals surface area contributed by atoms with Gasteiger partial charge in [-0.05, 0) is 130 Å². The summed E-state index contributed by atoms with van der Waals surface area (Å²) in [5.41, 5.74) is 2.52. The number of rotatable bonds is 3. The molecule has 3 aromatic carbocycles. The van der Waals surface area contributed by atoms with Crippen LogP contribution in [0, 0.1) is 36.7 Å². The number of hydrogen-bond acceptors (Lipinski definition) is 5. The van der Waals surface area contributed by atoms with Crippen LogP contribution in [-0.2, 0) is 19.2 Å². The lowest BCUT2D eigenvalue weighted by atomic mass is 9.57. The first-order valence-electron chi connectivity index (χ1n) is 13.6. The number of anilines is 2. The highest BCUT2D eigenvalue weighted by Crippen LogP contribution is 2.59. The smallest absolute Gasteiger partial charge is 0.238 e. The number of hydrogen-bond donors (Lipinski definition) is 1. The van der Waals surface area contributed by atoms with E-state index in [-0.39, 0.29) is 40.8 Å². The van der Waals surface area contributed by atoms with Crippen molar-refractivity contribution >= 4 is 91.8 Å². The Hall–Kier alpha value is -2.77. The van der Waals surface area contributed by atoms with Gasteiger partial charge in [0.05, 0.1) is 35.0 Å². The van der Waals surface area contributed by atoms with Crippen molar-refractivity contribution in [1.29, 1.82) is 0 Å². The van der Waals surface area contributed by atoms with Gasteiger partial charge >= 0.3 is 0 Å². The van der Waals surface area contributed by atoms with Crippen LogP contribution in [0.1, 0.15) is 24.3 Å². The summed E-state index contributed by atoms with van der Waals surface area (Å²) < 4.78 is 1.97. The van der Waals surface area contributed by atoms with E-state index in [2.05, 4.69) is 45.2 Å². The Morgan fingerprint density at radius 1 is 0.690 bits per heavy atom. The van der Waals surface area contributed by atoms with Crippen molar-refractivity contribution < 1.29 is 24.3 Å². The molecular formula is C32H23ClI2N2O5. The number of carbonyl (C=O) groups is 4. The zero-order valence-electron chi connectivity index (χ0n) is 21.9. The topological polar surface area (TPSA) is 95.0 Å². The molecular weight excluding hydrogens is 782 g/mol. The summed E-state index contributed by atoms with van der Waals surface area (Å²) in [5, 5.41) is 10.4. The maximum absolute atomic E-state index is 14.1. The van der Waals surface area contributed by atoms with E-state index in [1.165, 1.54) is 21.9 Å². The largest absolute Gasteiger partial charge is 0.508 e. The summed E-state index contributed by atoms with van der Waals surface area (Å²) in [6.07, 6.45) is 2.63. The third-order valence-electron chi connectivity index (χ3n) is 9.14. The Balaban J connectivity index is 1.34.